The minimum absolute atomic E-state index is 0.868. The number of aryl methyl sites for hydroxylation is 2. The first-order valence-electron chi connectivity index (χ1n) is 6.98. The zero-order valence-corrected chi connectivity index (χ0v) is 12.4. The van der Waals surface area contributed by atoms with Gasteiger partial charge in [-0.2, -0.15) is 0 Å². The van der Waals surface area contributed by atoms with Crippen molar-refractivity contribution in [3.05, 3.63) is 45.7 Å². The van der Waals surface area contributed by atoms with Gasteiger partial charge in [0.25, 0.3) is 0 Å². The molecule has 1 aliphatic rings. The van der Waals surface area contributed by atoms with Gasteiger partial charge in [-0.3, -0.25) is 0 Å². The molecule has 0 radical (unpaired) electrons. The molecular weight excluding hydrogens is 252 g/mol. The third-order valence-corrected chi connectivity index (χ3v) is 4.57. The molecule has 100 valence electrons. The van der Waals surface area contributed by atoms with Crippen LogP contribution < -0.4 is 4.80 Å². The van der Waals surface area contributed by atoms with Gasteiger partial charge >= 0.3 is 0 Å². The molecule has 0 amide bonds. The van der Waals surface area contributed by atoms with Crippen molar-refractivity contribution >= 4 is 17.0 Å². The quantitative estimate of drug-likeness (QED) is 0.797. The van der Waals surface area contributed by atoms with Gasteiger partial charge in [0.1, 0.15) is 0 Å². The summed E-state index contributed by atoms with van der Waals surface area (Å²) in [6.45, 7) is 5.39. The van der Waals surface area contributed by atoms with Crippen molar-refractivity contribution in [1.82, 2.24) is 4.57 Å². The van der Waals surface area contributed by atoms with Gasteiger partial charge in [0.05, 0.1) is 5.69 Å². The zero-order valence-electron chi connectivity index (χ0n) is 11.6. The summed E-state index contributed by atoms with van der Waals surface area (Å²) < 4.78 is 2.31. The highest BCUT2D eigenvalue weighted by molar-refractivity contribution is 7.07. The third-order valence-electron chi connectivity index (χ3n) is 3.77. The van der Waals surface area contributed by atoms with Gasteiger partial charge in [0, 0.05) is 18.1 Å². The van der Waals surface area contributed by atoms with E-state index >= 15 is 0 Å². The summed E-state index contributed by atoms with van der Waals surface area (Å²) in [6, 6.07) is 6.50. The summed E-state index contributed by atoms with van der Waals surface area (Å²) in [5.41, 5.74) is 3.63. The molecule has 1 fully saturated rings. The molecule has 3 rings (SSSR count). The van der Waals surface area contributed by atoms with Gasteiger partial charge in [-0.15, -0.1) is 11.3 Å². The van der Waals surface area contributed by atoms with Crippen molar-refractivity contribution in [1.29, 1.82) is 0 Å². The number of hydrogen-bond donors (Lipinski definition) is 0. The highest BCUT2D eigenvalue weighted by atomic mass is 32.1. The van der Waals surface area contributed by atoms with E-state index in [2.05, 4.69) is 48.2 Å². The van der Waals surface area contributed by atoms with Crippen LogP contribution in [0, 0.1) is 19.8 Å². The van der Waals surface area contributed by atoms with Crippen LogP contribution in [-0.4, -0.2) is 4.57 Å². The van der Waals surface area contributed by atoms with Crippen molar-refractivity contribution < 1.29 is 0 Å². The Kier molecular flexibility index (Phi) is 3.56. The molecule has 1 aliphatic carbocycles. The Morgan fingerprint density at radius 3 is 2.58 bits per heavy atom. The molecule has 2 aromatic rings. The largest absolute Gasteiger partial charge is 0.323 e. The molecule has 0 unspecified atom stereocenters. The Morgan fingerprint density at radius 2 is 1.95 bits per heavy atom. The van der Waals surface area contributed by atoms with E-state index in [0.29, 0.717) is 0 Å². The average molecular weight is 272 g/mol. The standard InChI is InChI=1S/C16H20N2S/c1-12-8-13(2)10-15(9-12)17-16-18(6-7-19-16)11-14-4-3-5-14/h6-10,14H,3-5,11H2,1-2H3. The summed E-state index contributed by atoms with van der Waals surface area (Å²) in [6.07, 6.45) is 6.33. The van der Waals surface area contributed by atoms with Crippen LogP contribution in [0.5, 0.6) is 0 Å². The second kappa shape index (κ2) is 5.33. The molecule has 0 N–H and O–H groups in total. The second-order valence-corrected chi connectivity index (χ2v) is 6.47. The van der Waals surface area contributed by atoms with Crippen molar-refractivity contribution in [3.63, 3.8) is 0 Å². The van der Waals surface area contributed by atoms with Crippen molar-refractivity contribution in [2.75, 3.05) is 0 Å². The smallest absolute Gasteiger partial charge is 0.189 e. The van der Waals surface area contributed by atoms with E-state index in [9.17, 15) is 0 Å². The van der Waals surface area contributed by atoms with Crippen molar-refractivity contribution in [2.24, 2.45) is 10.9 Å². The van der Waals surface area contributed by atoms with Crippen LogP contribution in [0.25, 0.3) is 0 Å². The Labute approximate surface area is 118 Å². The molecule has 19 heavy (non-hydrogen) atoms. The fourth-order valence-corrected chi connectivity index (χ4v) is 3.36. The fourth-order valence-electron chi connectivity index (χ4n) is 2.60. The molecule has 3 heteroatoms. The van der Waals surface area contributed by atoms with E-state index in [0.717, 1.165) is 23.0 Å². The summed E-state index contributed by atoms with van der Waals surface area (Å²) in [7, 11) is 0. The topological polar surface area (TPSA) is 17.3 Å². The lowest BCUT2D eigenvalue weighted by Crippen LogP contribution is -2.23. The maximum atomic E-state index is 4.82. The monoisotopic (exact) mass is 272 g/mol. The lowest BCUT2D eigenvalue weighted by atomic mass is 9.85. The van der Waals surface area contributed by atoms with Crippen LogP contribution in [0.1, 0.15) is 30.4 Å². The summed E-state index contributed by atoms with van der Waals surface area (Å²) in [5, 5.41) is 2.14. The highest BCUT2D eigenvalue weighted by Crippen LogP contribution is 2.27. The summed E-state index contributed by atoms with van der Waals surface area (Å²) in [5.74, 6) is 0.868. The lowest BCUT2D eigenvalue weighted by Gasteiger charge is -2.25. The molecule has 1 aromatic heterocycles. The first-order chi connectivity index (χ1) is 9.20. The molecule has 0 spiro atoms. The Morgan fingerprint density at radius 1 is 1.21 bits per heavy atom. The molecule has 0 bridgehead atoms. The van der Waals surface area contributed by atoms with Crippen LogP contribution in [0.2, 0.25) is 0 Å². The Hall–Kier alpha value is -1.35. The number of nitrogens with zero attached hydrogens (tertiary/aromatic N) is 2. The average Bonchev–Trinajstić information content (AvgIpc) is 2.69. The Bertz CT molecular complexity index is 612. The van der Waals surface area contributed by atoms with Gasteiger partial charge in [0.15, 0.2) is 4.80 Å². The minimum Gasteiger partial charge on any atom is -0.323 e. The lowest BCUT2D eigenvalue weighted by molar-refractivity contribution is 0.274. The van der Waals surface area contributed by atoms with Crippen LogP contribution >= 0.6 is 11.3 Å². The number of aromatic nitrogens is 1. The number of rotatable bonds is 3. The van der Waals surface area contributed by atoms with Gasteiger partial charge in [0.2, 0.25) is 0 Å². The van der Waals surface area contributed by atoms with Crippen LogP contribution in [-0.2, 0) is 6.54 Å². The molecule has 0 aliphatic heterocycles. The first kappa shape index (κ1) is 12.7. The maximum Gasteiger partial charge on any atom is 0.189 e. The van der Waals surface area contributed by atoms with Gasteiger partial charge in [-0.25, -0.2) is 4.99 Å². The van der Waals surface area contributed by atoms with Gasteiger partial charge in [-0.05, 0) is 55.9 Å². The molecule has 1 saturated carbocycles. The minimum atomic E-state index is 0.868. The SMILES string of the molecule is Cc1cc(C)cc(N=c2sccn2CC2CCC2)c1. The number of benzene rings is 1. The van der Waals surface area contributed by atoms with E-state index in [1.807, 2.05) is 0 Å². The molecule has 2 nitrogen and oxygen atoms in total. The predicted octanol–water partition coefficient (Wildman–Crippen LogP) is 4.20. The first-order valence-corrected chi connectivity index (χ1v) is 7.85. The molecule has 0 atom stereocenters. The van der Waals surface area contributed by atoms with E-state index in [4.69, 9.17) is 4.99 Å². The van der Waals surface area contributed by atoms with Crippen molar-refractivity contribution in [2.45, 2.75) is 39.7 Å². The predicted molar refractivity (Wildman–Crippen MR) is 80.8 cm³/mol. The van der Waals surface area contributed by atoms with E-state index in [1.54, 1.807) is 11.3 Å². The van der Waals surface area contributed by atoms with E-state index in [-0.39, 0.29) is 0 Å². The number of hydrogen-bond acceptors (Lipinski definition) is 2. The summed E-state index contributed by atoms with van der Waals surface area (Å²) in [4.78, 5) is 5.94. The van der Waals surface area contributed by atoms with Crippen LogP contribution in [0.15, 0.2) is 34.8 Å². The van der Waals surface area contributed by atoms with E-state index < -0.39 is 0 Å². The maximum absolute atomic E-state index is 4.82. The van der Waals surface area contributed by atoms with E-state index in [1.165, 1.54) is 30.4 Å². The second-order valence-electron chi connectivity index (χ2n) is 5.59. The zero-order chi connectivity index (χ0) is 13.2. The van der Waals surface area contributed by atoms with Crippen molar-refractivity contribution in [3.8, 4) is 0 Å². The third kappa shape index (κ3) is 2.98. The summed E-state index contributed by atoms with van der Waals surface area (Å²) >= 11 is 1.73. The molecular formula is C16H20N2S. The fraction of sp³-hybridized carbons (Fsp3) is 0.438. The Balaban J connectivity index is 1.91. The van der Waals surface area contributed by atoms with Crippen LogP contribution in [0.3, 0.4) is 0 Å². The molecule has 0 saturated heterocycles. The normalized spacial score (nSPS) is 16.6. The number of thiazole rings is 1. The molecule has 1 heterocycles. The highest BCUT2D eigenvalue weighted by Gasteiger charge is 2.17. The van der Waals surface area contributed by atoms with Gasteiger partial charge in [-0.1, -0.05) is 12.5 Å². The van der Waals surface area contributed by atoms with Gasteiger partial charge < -0.3 is 4.57 Å². The molecule has 1 aromatic carbocycles. The van der Waals surface area contributed by atoms with Crippen LogP contribution in [0.4, 0.5) is 5.69 Å².